The van der Waals surface area contributed by atoms with Crippen LogP contribution in [0, 0.1) is 0 Å². The van der Waals surface area contributed by atoms with Crippen LogP contribution >= 0.6 is 11.8 Å². The van der Waals surface area contributed by atoms with Gasteiger partial charge in [0.15, 0.2) is 11.7 Å². The number of nitrogens with zero attached hydrogens (tertiary/aromatic N) is 2. The van der Waals surface area contributed by atoms with Gasteiger partial charge in [-0.15, -0.1) is 0 Å². The van der Waals surface area contributed by atoms with Crippen molar-refractivity contribution in [3.8, 4) is 0 Å². The summed E-state index contributed by atoms with van der Waals surface area (Å²) in [6.45, 7) is 1.29. The summed E-state index contributed by atoms with van der Waals surface area (Å²) in [6.07, 6.45) is 1.44. The van der Waals surface area contributed by atoms with Gasteiger partial charge in [-0.2, -0.15) is 8.42 Å². The van der Waals surface area contributed by atoms with Gasteiger partial charge in [-0.25, -0.2) is 4.79 Å². The average Bonchev–Trinajstić information content (AvgIpc) is 3.14. The third-order valence-corrected chi connectivity index (χ3v) is 6.79. The summed E-state index contributed by atoms with van der Waals surface area (Å²) in [5.74, 6) is -1.47. The van der Waals surface area contributed by atoms with Crippen molar-refractivity contribution in [1.29, 1.82) is 0 Å². The normalized spacial score (nSPS) is 20.4. The Kier molecular flexibility index (Phi) is 6.57. The van der Waals surface area contributed by atoms with Gasteiger partial charge >= 0.3 is 16.1 Å². The maximum absolute atomic E-state index is 13.0. The molecule has 2 atom stereocenters. The second-order valence-corrected chi connectivity index (χ2v) is 10.4. The molecule has 4 rings (SSSR count). The van der Waals surface area contributed by atoms with E-state index in [0.717, 1.165) is 22.4 Å². The number of esters is 1. The van der Waals surface area contributed by atoms with Gasteiger partial charge in [-0.05, 0) is 18.1 Å². The number of hydrogen-bond donors (Lipinski definition) is 0. The lowest BCUT2D eigenvalue weighted by molar-refractivity contribution is -0.151. The fraction of sp³-hybridized carbons (Fsp3) is 0.261. The zero-order chi connectivity index (χ0) is 23.6. The highest BCUT2D eigenvalue weighted by molar-refractivity contribution is 8.14. The van der Waals surface area contributed by atoms with Gasteiger partial charge in [0.2, 0.25) is 0 Å². The lowest BCUT2D eigenvalue weighted by atomic mass is 10.1. The predicted molar refractivity (Wildman–Crippen MR) is 124 cm³/mol. The molecule has 2 aliphatic heterocycles. The molecular formula is C23H22N2O6S2. The van der Waals surface area contributed by atoms with E-state index >= 15 is 0 Å². The Morgan fingerprint density at radius 3 is 2.27 bits per heavy atom. The van der Waals surface area contributed by atoms with Crippen LogP contribution in [0.1, 0.15) is 18.1 Å². The fourth-order valence-corrected chi connectivity index (χ4v) is 5.43. The summed E-state index contributed by atoms with van der Waals surface area (Å²) in [7, 11) is -3.92. The summed E-state index contributed by atoms with van der Waals surface area (Å²) < 4.78 is 33.8. The van der Waals surface area contributed by atoms with Crippen molar-refractivity contribution in [3.05, 3.63) is 83.2 Å². The Balaban J connectivity index is 1.54. The number of β-lactam (4-membered cyclic amide) rings is 1. The fourth-order valence-electron chi connectivity index (χ4n) is 3.57. The lowest BCUT2D eigenvalue weighted by Gasteiger charge is -2.41. The number of aliphatic imine (C=N–C) groups is 1. The maximum Gasteiger partial charge on any atom is 0.359 e. The molecule has 10 heteroatoms. The number of thioether (sulfide) groups is 1. The summed E-state index contributed by atoms with van der Waals surface area (Å²) >= 11 is 1.37. The molecule has 0 saturated carbocycles. The van der Waals surface area contributed by atoms with Crippen molar-refractivity contribution in [3.63, 3.8) is 0 Å². The smallest absolute Gasteiger partial charge is 0.359 e. The number of carbonyl (C=O) groups excluding carboxylic acids is 2. The Bertz CT molecular complexity index is 1230. The summed E-state index contributed by atoms with van der Waals surface area (Å²) in [5, 5.41) is 0.305. The van der Waals surface area contributed by atoms with Crippen molar-refractivity contribution >= 4 is 38.8 Å². The van der Waals surface area contributed by atoms with Crippen LogP contribution in [0.4, 0.5) is 0 Å². The average molecular weight is 487 g/mol. The first-order valence-corrected chi connectivity index (χ1v) is 12.8. The number of allylic oxidation sites excluding steroid dienone is 1. The first kappa shape index (κ1) is 23.1. The van der Waals surface area contributed by atoms with E-state index in [-0.39, 0.29) is 18.1 Å². The number of rotatable bonds is 8. The molecule has 2 heterocycles. The Morgan fingerprint density at radius 1 is 1.06 bits per heavy atom. The van der Waals surface area contributed by atoms with Crippen LogP contribution in [-0.2, 0) is 41.7 Å². The van der Waals surface area contributed by atoms with Crippen molar-refractivity contribution < 1.29 is 26.9 Å². The molecule has 172 valence electrons. The molecule has 1 saturated heterocycles. The number of carbonyl (C=O) groups is 2. The molecule has 0 aromatic heterocycles. The molecule has 2 unspecified atom stereocenters. The molecule has 0 aliphatic carbocycles. The molecular weight excluding hydrogens is 464 g/mol. The van der Waals surface area contributed by atoms with Gasteiger partial charge < -0.3 is 8.92 Å². The van der Waals surface area contributed by atoms with Gasteiger partial charge in [-0.3, -0.25) is 14.7 Å². The van der Waals surface area contributed by atoms with Crippen molar-refractivity contribution in [2.45, 2.75) is 31.4 Å². The third-order valence-electron chi connectivity index (χ3n) is 5.01. The Morgan fingerprint density at radius 2 is 1.67 bits per heavy atom. The monoisotopic (exact) mass is 486 g/mol. The quantitative estimate of drug-likeness (QED) is 0.186. The molecule has 2 aliphatic rings. The van der Waals surface area contributed by atoms with E-state index < -0.39 is 33.4 Å². The minimum atomic E-state index is -3.92. The van der Waals surface area contributed by atoms with Crippen LogP contribution in [0.2, 0.25) is 0 Å². The molecule has 2 aromatic carbocycles. The van der Waals surface area contributed by atoms with E-state index in [4.69, 9.17) is 8.92 Å². The minimum Gasteiger partial charge on any atom is -0.456 e. The second-order valence-electron chi connectivity index (χ2n) is 7.60. The Hall–Kier alpha value is -3.11. The van der Waals surface area contributed by atoms with Crippen molar-refractivity contribution in [2.75, 3.05) is 6.26 Å². The highest BCUT2D eigenvalue weighted by Crippen LogP contribution is 2.43. The topological polar surface area (TPSA) is 102 Å². The van der Waals surface area contributed by atoms with E-state index in [1.807, 2.05) is 48.5 Å². The molecule has 0 N–H and O–H groups in total. The number of benzene rings is 2. The molecule has 1 amide bonds. The van der Waals surface area contributed by atoms with Crippen LogP contribution in [0.5, 0.6) is 0 Å². The Labute approximate surface area is 196 Å². The van der Waals surface area contributed by atoms with E-state index in [9.17, 15) is 18.0 Å². The van der Waals surface area contributed by atoms with Crippen molar-refractivity contribution in [1.82, 2.24) is 4.90 Å². The zero-order valence-corrected chi connectivity index (χ0v) is 19.6. The van der Waals surface area contributed by atoms with Gasteiger partial charge in [0.25, 0.3) is 5.91 Å². The SMILES string of the molecule is CC(OS(C)(=O)=O)=C(C(=O)OCc1ccccc1)N1C(=O)C2N=C(Cc3ccccc3)SC21. The number of hydrogen-bond acceptors (Lipinski definition) is 8. The molecule has 0 spiro atoms. The molecule has 0 bridgehead atoms. The van der Waals surface area contributed by atoms with E-state index in [1.165, 1.54) is 23.6 Å². The first-order chi connectivity index (χ1) is 15.7. The second kappa shape index (κ2) is 9.40. The van der Waals surface area contributed by atoms with E-state index in [2.05, 4.69) is 4.99 Å². The largest absolute Gasteiger partial charge is 0.456 e. The minimum absolute atomic E-state index is 0.0334. The summed E-state index contributed by atoms with van der Waals surface area (Å²) in [4.78, 5) is 31.6. The number of fused-ring (bicyclic) bond motifs is 1. The number of likely N-dealkylation sites (tertiary alicyclic amines) is 1. The van der Waals surface area contributed by atoms with Gasteiger partial charge in [0.1, 0.15) is 17.7 Å². The molecule has 2 aromatic rings. The molecule has 0 radical (unpaired) electrons. The predicted octanol–water partition coefficient (Wildman–Crippen LogP) is 2.86. The van der Waals surface area contributed by atoms with Crippen LogP contribution in [-0.4, -0.2) is 47.9 Å². The maximum atomic E-state index is 13.0. The molecule has 33 heavy (non-hydrogen) atoms. The molecule has 8 nitrogen and oxygen atoms in total. The highest BCUT2D eigenvalue weighted by Gasteiger charge is 2.55. The van der Waals surface area contributed by atoms with Gasteiger partial charge in [-0.1, -0.05) is 72.4 Å². The standard InChI is InChI=1S/C23H22N2O6S2/c1-15(31-33(2,28)29)20(23(27)30-14-17-11-7-4-8-12-17)25-21(26)19-22(25)32-18(24-19)13-16-9-5-3-6-10-16/h3-12,19,22H,13-14H2,1-2H3. The van der Waals surface area contributed by atoms with Gasteiger partial charge in [0, 0.05) is 6.42 Å². The zero-order valence-electron chi connectivity index (χ0n) is 18.0. The van der Waals surface area contributed by atoms with Crippen LogP contribution in [0.3, 0.4) is 0 Å². The van der Waals surface area contributed by atoms with Crippen LogP contribution < -0.4 is 0 Å². The van der Waals surface area contributed by atoms with Crippen LogP contribution in [0.15, 0.2) is 77.1 Å². The lowest BCUT2D eigenvalue weighted by Crippen LogP contribution is -2.61. The molecule has 1 fully saturated rings. The number of amides is 1. The summed E-state index contributed by atoms with van der Waals surface area (Å²) in [5.41, 5.74) is 1.58. The number of ether oxygens (including phenoxy) is 1. The van der Waals surface area contributed by atoms with Crippen LogP contribution in [0.25, 0.3) is 0 Å². The first-order valence-electron chi connectivity index (χ1n) is 10.1. The summed E-state index contributed by atoms with van der Waals surface area (Å²) in [6, 6.07) is 18.1. The highest BCUT2D eigenvalue weighted by atomic mass is 32.2. The van der Waals surface area contributed by atoms with E-state index in [1.54, 1.807) is 12.1 Å². The van der Waals surface area contributed by atoms with E-state index in [0.29, 0.717) is 6.42 Å². The van der Waals surface area contributed by atoms with Gasteiger partial charge in [0.05, 0.1) is 11.3 Å². The third kappa shape index (κ3) is 5.28. The van der Waals surface area contributed by atoms with Crippen molar-refractivity contribution in [2.24, 2.45) is 4.99 Å².